The first-order chi connectivity index (χ1) is 15.1. The van der Waals surface area contributed by atoms with E-state index in [1.54, 1.807) is 7.05 Å². The Balaban J connectivity index is 1.66. The molecule has 32 heavy (non-hydrogen) atoms. The predicted molar refractivity (Wildman–Crippen MR) is 117 cm³/mol. The second-order valence-corrected chi connectivity index (χ2v) is 8.19. The van der Waals surface area contributed by atoms with E-state index < -0.39 is 11.7 Å². The Morgan fingerprint density at radius 3 is 2.25 bits per heavy atom. The van der Waals surface area contributed by atoms with Crippen molar-refractivity contribution in [3.63, 3.8) is 0 Å². The van der Waals surface area contributed by atoms with Crippen molar-refractivity contribution in [3.8, 4) is 5.88 Å². The third kappa shape index (κ3) is 3.97. The number of hydrogen-bond acceptors (Lipinski definition) is 4. The molecule has 0 N–H and O–H groups in total. The van der Waals surface area contributed by atoms with Gasteiger partial charge in [0.05, 0.1) is 5.56 Å². The summed E-state index contributed by atoms with van der Waals surface area (Å²) in [6, 6.07) is 9.01. The fourth-order valence-electron chi connectivity index (χ4n) is 4.34. The van der Waals surface area contributed by atoms with E-state index >= 15 is 0 Å². The maximum absolute atomic E-state index is 13.0. The fourth-order valence-corrected chi connectivity index (χ4v) is 4.34. The van der Waals surface area contributed by atoms with Crippen molar-refractivity contribution in [1.29, 1.82) is 0 Å². The van der Waals surface area contributed by atoms with Crippen LogP contribution in [0, 0.1) is 20.8 Å². The molecule has 5 nitrogen and oxygen atoms in total. The van der Waals surface area contributed by atoms with E-state index in [9.17, 15) is 18.0 Å². The van der Waals surface area contributed by atoms with Gasteiger partial charge in [-0.15, -0.1) is 5.10 Å². The predicted octanol–water partition coefficient (Wildman–Crippen LogP) is 5.00. The van der Waals surface area contributed by atoms with Crippen molar-refractivity contribution in [2.24, 2.45) is 7.05 Å². The molecule has 0 unspecified atom stereocenters. The van der Waals surface area contributed by atoms with Crippen molar-refractivity contribution in [2.45, 2.75) is 40.0 Å². The molecule has 0 fully saturated rings. The lowest BCUT2D eigenvalue weighted by atomic mass is 10.0. The minimum absolute atomic E-state index is 0.0539. The number of fused-ring (bicyclic) bond motifs is 1. The molecule has 0 saturated carbocycles. The zero-order chi connectivity index (χ0) is 23.2. The second kappa shape index (κ2) is 8.00. The number of hydrogen-bond donors (Lipinski definition) is 0. The van der Waals surface area contributed by atoms with Gasteiger partial charge < -0.3 is 9.64 Å². The van der Waals surface area contributed by atoms with Crippen LogP contribution in [0.3, 0.4) is 0 Å². The van der Waals surface area contributed by atoms with Crippen LogP contribution in [-0.2, 0) is 26.3 Å². The van der Waals surface area contributed by atoms with Gasteiger partial charge in [0.2, 0.25) is 5.88 Å². The van der Waals surface area contributed by atoms with Gasteiger partial charge in [-0.25, -0.2) is 4.68 Å². The summed E-state index contributed by atoms with van der Waals surface area (Å²) in [5.41, 5.74) is 5.27. The lowest BCUT2D eigenvalue weighted by Gasteiger charge is -2.24. The van der Waals surface area contributed by atoms with Crippen molar-refractivity contribution in [1.82, 2.24) is 9.78 Å². The summed E-state index contributed by atoms with van der Waals surface area (Å²) in [6.07, 6.45) is -3.79. The van der Waals surface area contributed by atoms with Crippen LogP contribution in [0.5, 0.6) is 5.88 Å². The normalized spacial score (nSPS) is 13.4. The first kappa shape index (κ1) is 21.9. The first-order valence-electron chi connectivity index (χ1n) is 10.3. The van der Waals surface area contributed by atoms with Gasteiger partial charge >= 0.3 is 6.18 Å². The van der Waals surface area contributed by atoms with Gasteiger partial charge in [-0.1, -0.05) is 29.8 Å². The zero-order valence-corrected chi connectivity index (χ0v) is 18.4. The Bertz CT molecular complexity index is 1210. The number of ether oxygens (including phenoxy) is 1. The van der Waals surface area contributed by atoms with Crippen LogP contribution < -0.4 is 15.2 Å². The van der Waals surface area contributed by atoms with E-state index in [1.165, 1.54) is 16.8 Å². The van der Waals surface area contributed by atoms with E-state index in [-0.39, 0.29) is 12.2 Å². The minimum Gasteiger partial charge on any atom is -0.472 e. The summed E-state index contributed by atoms with van der Waals surface area (Å²) in [5, 5.41) is 4.28. The molecule has 2 heterocycles. The Morgan fingerprint density at radius 1 is 1.03 bits per heavy atom. The monoisotopic (exact) mass is 443 g/mol. The van der Waals surface area contributed by atoms with Crippen LogP contribution >= 0.6 is 0 Å². The molecular weight excluding hydrogens is 419 g/mol. The average Bonchev–Trinajstić information content (AvgIpc) is 3.13. The van der Waals surface area contributed by atoms with Gasteiger partial charge in [-0.3, -0.25) is 4.79 Å². The Kier molecular flexibility index (Phi) is 5.48. The van der Waals surface area contributed by atoms with Gasteiger partial charge in [-0.2, -0.15) is 13.2 Å². The van der Waals surface area contributed by atoms with E-state index in [1.807, 2.05) is 25.7 Å². The van der Waals surface area contributed by atoms with Crippen LogP contribution in [-0.4, -0.2) is 16.3 Å². The number of aryl methyl sites for hydroxylation is 4. The molecule has 2 aromatic carbocycles. The maximum Gasteiger partial charge on any atom is 0.416 e. The van der Waals surface area contributed by atoms with Crippen LogP contribution in [0.1, 0.15) is 33.4 Å². The summed E-state index contributed by atoms with van der Waals surface area (Å²) in [4.78, 5) is 15.0. The second-order valence-electron chi connectivity index (χ2n) is 8.19. The zero-order valence-electron chi connectivity index (χ0n) is 18.4. The molecule has 0 aliphatic carbocycles. The lowest BCUT2D eigenvalue weighted by molar-refractivity contribution is -0.137. The summed E-state index contributed by atoms with van der Waals surface area (Å²) in [7, 11) is 1.57. The Morgan fingerprint density at radius 2 is 1.66 bits per heavy atom. The van der Waals surface area contributed by atoms with Gasteiger partial charge in [-0.05, 0) is 56.0 Å². The smallest absolute Gasteiger partial charge is 0.416 e. The SMILES string of the molecule is Cc1cc(C)c(N2CCc3c(OCc4ccc(C(F)(F)F)cc4)nn(C)c(=O)c32)c(C)c1. The molecule has 1 aliphatic heterocycles. The van der Waals surface area contributed by atoms with Gasteiger partial charge in [0.25, 0.3) is 5.56 Å². The topological polar surface area (TPSA) is 47.4 Å². The lowest BCUT2D eigenvalue weighted by Crippen LogP contribution is -2.28. The standard InChI is InChI=1S/C24H24F3N3O2/c1-14-11-15(2)20(16(3)12-14)30-10-9-19-21(30)23(31)29(4)28-22(19)32-13-17-5-7-18(8-6-17)24(25,26)27/h5-8,11-12H,9-10,13H2,1-4H3. The summed E-state index contributed by atoms with van der Waals surface area (Å²) >= 11 is 0. The number of aromatic nitrogens is 2. The number of rotatable bonds is 4. The number of nitrogens with zero attached hydrogens (tertiary/aromatic N) is 3. The largest absolute Gasteiger partial charge is 0.472 e. The highest BCUT2D eigenvalue weighted by molar-refractivity contribution is 5.75. The van der Waals surface area contributed by atoms with E-state index in [4.69, 9.17) is 4.74 Å². The summed E-state index contributed by atoms with van der Waals surface area (Å²) < 4.78 is 45.5. The molecular formula is C24H24F3N3O2. The van der Waals surface area contributed by atoms with Crippen LogP contribution in [0.25, 0.3) is 0 Å². The number of halogens is 3. The fraction of sp³-hybridized carbons (Fsp3) is 0.333. The third-order valence-corrected chi connectivity index (χ3v) is 5.70. The molecule has 4 rings (SSSR count). The van der Waals surface area contributed by atoms with Crippen LogP contribution in [0.4, 0.5) is 24.5 Å². The summed E-state index contributed by atoms with van der Waals surface area (Å²) in [6.45, 7) is 6.77. The van der Waals surface area contributed by atoms with Crippen LogP contribution in [0.15, 0.2) is 41.2 Å². The maximum atomic E-state index is 13.0. The molecule has 1 aromatic heterocycles. The van der Waals surface area contributed by atoms with Gasteiger partial charge in [0, 0.05) is 24.8 Å². The quantitative estimate of drug-likeness (QED) is 0.570. The Labute approximate surface area is 184 Å². The molecule has 0 saturated heterocycles. The van der Waals surface area contributed by atoms with Gasteiger partial charge in [0.1, 0.15) is 12.3 Å². The molecule has 0 amide bonds. The average molecular weight is 443 g/mol. The van der Waals surface area contributed by atoms with E-state index in [0.717, 1.165) is 40.1 Å². The molecule has 0 atom stereocenters. The van der Waals surface area contributed by atoms with Crippen LogP contribution in [0.2, 0.25) is 0 Å². The van der Waals surface area contributed by atoms with Crippen molar-refractivity contribution >= 4 is 11.4 Å². The minimum atomic E-state index is -4.38. The molecule has 8 heteroatoms. The highest BCUT2D eigenvalue weighted by Gasteiger charge is 2.31. The number of benzene rings is 2. The first-order valence-corrected chi connectivity index (χ1v) is 10.3. The van der Waals surface area contributed by atoms with Gasteiger partial charge in [0.15, 0.2) is 0 Å². The van der Waals surface area contributed by atoms with Crippen molar-refractivity contribution in [3.05, 3.63) is 80.1 Å². The molecule has 168 valence electrons. The third-order valence-electron chi connectivity index (χ3n) is 5.70. The van der Waals surface area contributed by atoms with Crippen molar-refractivity contribution in [2.75, 3.05) is 11.4 Å². The van der Waals surface area contributed by atoms with E-state index in [0.29, 0.717) is 30.1 Å². The molecule has 1 aliphatic rings. The number of anilines is 2. The molecule has 0 radical (unpaired) electrons. The number of alkyl halides is 3. The van der Waals surface area contributed by atoms with E-state index in [2.05, 4.69) is 17.2 Å². The molecule has 0 bridgehead atoms. The molecule has 3 aromatic rings. The Hall–Kier alpha value is -3.29. The highest BCUT2D eigenvalue weighted by atomic mass is 19.4. The summed E-state index contributed by atoms with van der Waals surface area (Å²) in [5.74, 6) is 0.326. The van der Waals surface area contributed by atoms with Crippen molar-refractivity contribution < 1.29 is 17.9 Å². The highest BCUT2D eigenvalue weighted by Crippen LogP contribution is 2.39. The molecule has 0 spiro atoms.